The van der Waals surface area contributed by atoms with E-state index in [2.05, 4.69) is 6.92 Å². The fraction of sp³-hybridized carbons (Fsp3) is 0.919. The van der Waals surface area contributed by atoms with E-state index in [-0.39, 0.29) is 30.4 Å². The maximum absolute atomic E-state index is 11.7. The van der Waals surface area contributed by atoms with Gasteiger partial charge in [-0.05, 0) is 77.2 Å². The zero-order chi connectivity index (χ0) is 32.9. The molecule has 4 unspecified atom stereocenters. The van der Waals surface area contributed by atoms with E-state index >= 15 is 0 Å². The first-order valence-corrected chi connectivity index (χ1v) is 18.7. The Morgan fingerprint density at radius 2 is 1.04 bits per heavy atom. The predicted octanol–water partition coefficient (Wildman–Crippen LogP) is 6.81. The largest absolute Gasteiger partial charge is 0.455 e. The standard InChI is InChI=1S/C37H68O8/c1-3-4-5-6-7-8-9-12-22-33(41)35-24-25-36(45-35)34(42)23-13-10-11-17-30(38)18-14-15-19-31(39)20-16-21-32(40)27-29-26-28(2)44-37(29)43/h26,28,30-36,38-42H,3-25,27H2,1-2H3/t28?,30?,31?,32?,33-,34-,35-,36-/m0/s1. The molecule has 0 amide bonds. The second kappa shape index (κ2) is 24.2. The summed E-state index contributed by atoms with van der Waals surface area (Å²) in [6.07, 6.45) is 21.0. The molecule has 0 aromatic rings. The molecule has 8 atom stereocenters. The van der Waals surface area contributed by atoms with Gasteiger partial charge in [0.15, 0.2) is 0 Å². The van der Waals surface area contributed by atoms with Gasteiger partial charge in [0.25, 0.3) is 0 Å². The van der Waals surface area contributed by atoms with Gasteiger partial charge in [0.05, 0.1) is 42.7 Å². The Kier molecular flexibility index (Phi) is 21.6. The topological polar surface area (TPSA) is 137 Å². The van der Waals surface area contributed by atoms with Crippen LogP contribution in [0.4, 0.5) is 0 Å². The number of aliphatic hydroxyl groups excluding tert-OH is 5. The van der Waals surface area contributed by atoms with Gasteiger partial charge in [-0.25, -0.2) is 4.79 Å². The first-order chi connectivity index (χ1) is 21.7. The molecular formula is C37H68O8. The van der Waals surface area contributed by atoms with Crippen molar-refractivity contribution in [2.45, 2.75) is 217 Å². The highest BCUT2D eigenvalue weighted by Gasteiger charge is 2.34. The smallest absolute Gasteiger partial charge is 0.334 e. The van der Waals surface area contributed by atoms with Crippen molar-refractivity contribution in [2.75, 3.05) is 0 Å². The van der Waals surface area contributed by atoms with Gasteiger partial charge in [-0.1, -0.05) is 90.4 Å². The first-order valence-electron chi connectivity index (χ1n) is 18.7. The lowest BCUT2D eigenvalue weighted by Crippen LogP contribution is -2.31. The summed E-state index contributed by atoms with van der Waals surface area (Å²) >= 11 is 0. The zero-order valence-electron chi connectivity index (χ0n) is 28.6. The molecule has 0 aromatic carbocycles. The monoisotopic (exact) mass is 640 g/mol. The van der Waals surface area contributed by atoms with Crippen LogP contribution in [0, 0.1) is 0 Å². The van der Waals surface area contributed by atoms with Crippen molar-refractivity contribution in [1.82, 2.24) is 0 Å². The summed E-state index contributed by atoms with van der Waals surface area (Å²) in [5.41, 5.74) is 0.541. The molecule has 264 valence electrons. The van der Waals surface area contributed by atoms with Gasteiger partial charge >= 0.3 is 5.97 Å². The molecule has 0 saturated carbocycles. The molecule has 8 heteroatoms. The van der Waals surface area contributed by atoms with Crippen molar-refractivity contribution in [3.8, 4) is 0 Å². The van der Waals surface area contributed by atoms with E-state index < -0.39 is 24.4 Å². The molecule has 8 nitrogen and oxygen atoms in total. The number of ether oxygens (including phenoxy) is 2. The van der Waals surface area contributed by atoms with Crippen molar-refractivity contribution in [3.63, 3.8) is 0 Å². The third kappa shape index (κ3) is 18.2. The summed E-state index contributed by atoms with van der Waals surface area (Å²) in [6, 6.07) is 0. The van der Waals surface area contributed by atoms with Gasteiger partial charge in [0, 0.05) is 12.0 Å². The van der Waals surface area contributed by atoms with Crippen LogP contribution in [-0.4, -0.2) is 80.3 Å². The molecule has 5 N–H and O–H groups in total. The van der Waals surface area contributed by atoms with E-state index in [0.29, 0.717) is 44.1 Å². The minimum atomic E-state index is -0.601. The Morgan fingerprint density at radius 3 is 1.56 bits per heavy atom. The van der Waals surface area contributed by atoms with Crippen molar-refractivity contribution in [2.24, 2.45) is 0 Å². The van der Waals surface area contributed by atoms with Crippen LogP contribution in [0.15, 0.2) is 11.6 Å². The highest BCUT2D eigenvalue weighted by molar-refractivity contribution is 5.90. The number of carbonyl (C=O) groups excluding carboxylic acids is 1. The van der Waals surface area contributed by atoms with Gasteiger partial charge in [-0.3, -0.25) is 0 Å². The van der Waals surface area contributed by atoms with Gasteiger partial charge in [0.1, 0.15) is 6.10 Å². The SMILES string of the molecule is CCCCCCCCCC[C@H](O)[C@@H]1CC[C@@H]([C@@H](O)CCCCCC(O)CCCCC(O)CCCC(O)CC2=CC(C)OC2=O)O1. The molecular weight excluding hydrogens is 572 g/mol. The second-order valence-corrected chi connectivity index (χ2v) is 14.0. The Labute approximate surface area is 274 Å². The van der Waals surface area contributed by atoms with E-state index in [0.717, 1.165) is 70.6 Å². The number of carbonyl (C=O) groups is 1. The number of unbranched alkanes of at least 4 members (excludes halogenated alkanes) is 10. The van der Waals surface area contributed by atoms with E-state index in [1.54, 1.807) is 13.0 Å². The summed E-state index contributed by atoms with van der Waals surface area (Å²) < 4.78 is 11.1. The summed E-state index contributed by atoms with van der Waals surface area (Å²) in [5, 5.41) is 52.0. The molecule has 2 rings (SSSR count). The number of cyclic esters (lactones) is 1. The highest BCUT2D eigenvalue weighted by Crippen LogP contribution is 2.28. The van der Waals surface area contributed by atoms with E-state index in [9.17, 15) is 30.3 Å². The summed E-state index contributed by atoms with van der Waals surface area (Å²) in [7, 11) is 0. The van der Waals surface area contributed by atoms with Gasteiger partial charge in [-0.2, -0.15) is 0 Å². The summed E-state index contributed by atoms with van der Waals surface area (Å²) in [4.78, 5) is 11.7. The maximum Gasteiger partial charge on any atom is 0.334 e. The molecule has 0 aliphatic carbocycles. The van der Waals surface area contributed by atoms with Crippen molar-refractivity contribution >= 4 is 5.97 Å². The Morgan fingerprint density at radius 1 is 0.622 bits per heavy atom. The van der Waals surface area contributed by atoms with Crippen LogP contribution in [0.2, 0.25) is 0 Å². The molecule has 0 bridgehead atoms. The van der Waals surface area contributed by atoms with Crippen LogP contribution in [0.1, 0.15) is 168 Å². The number of hydrogen-bond acceptors (Lipinski definition) is 8. The summed E-state index contributed by atoms with van der Waals surface area (Å²) in [6.45, 7) is 4.04. The number of aliphatic hydroxyl groups is 5. The average Bonchev–Trinajstić information content (AvgIpc) is 3.62. The van der Waals surface area contributed by atoms with Crippen LogP contribution >= 0.6 is 0 Å². The maximum atomic E-state index is 11.7. The number of rotatable bonds is 28. The van der Waals surface area contributed by atoms with Gasteiger partial charge in [0.2, 0.25) is 0 Å². The van der Waals surface area contributed by atoms with Crippen molar-refractivity contribution in [3.05, 3.63) is 11.6 Å². The van der Waals surface area contributed by atoms with Crippen LogP contribution < -0.4 is 0 Å². The molecule has 2 heterocycles. The lowest BCUT2D eigenvalue weighted by atomic mass is 9.98. The Balaban J connectivity index is 1.40. The minimum Gasteiger partial charge on any atom is -0.455 e. The van der Waals surface area contributed by atoms with Crippen molar-refractivity contribution < 1.29 is 39.8 Å². The summed E-state index contributed by atoms with van der Waals surface area (Å²) in [5.74, 6) is -0.341. The minimum absolute atomic E-state index is 0.143. The van der Waals surface area contributed by atoms with E-state index in [1.165, 1.54) is 44.9 Å². The third-order valence-electron chi connectivity index (χ3n) is 9.68. The molecule has 1 saturated heterocycles. The first kappa shape index (κ1) is 40.1. The average molecular weight is 641 g/mol. The van der Waals surface area contributed by atoms with E-state index in [4.69, 9.17) is 9.47 Å². The van der Waals surface area contributed by atoms with Crippen LogP contribution in [0.5, 0.6) is 0 Å². The molecule has 0 aromatic heterocycles. The Hall–Kier alpha value is -1.03. The van der Waals surface area contributed by atoms with Crippen LogP contribution in [-0.2, 0) is 14.3 Å². The molecule has 0 spiro atoms. The van der Waals surface area contributed by atoms with Gasteiger partial charge in [-0.15, -0.1) is 0 Å². The molecule has 2 aliphatic rings. The zero-order valence-corrected chi connectivity index (χ0v) is 28.6. The highest BCUT2D eigenvalue weighted by atomic mass is 16.5. The fourth-order valence-electron chi connectivity index (χ4n) is 6.80. The Bertz CT molecular complexity index is 788. The number of esters is 1. The van der Waals surface area contributed by atoms with Gasteiger partial charge < -0.3 is 35.0 Å². The predicted molar refractivity (Wildman–Crippen MR) is 179 cm³/mol. The normalized spacial score (nSPS) is 23.5. The lowest BCUT2D eigenvalue weighted by molar-refractivity contribution is -0.139. The molecule has 2 aliphatic heterocycles. The van der Waals surface area contributed by atoms with E-state index in [1.807, 2.05) is 0 Å². The van der Waals surface area contributed by atoms with Crippen LogP contribution in [0.3, 0.4) is 0 Å². The molecule has 45 heavy (non-hydrogen) atoms. The quantitative estimate of drug-likeness (QED) is 0.0465. The van der Waals surface area contributed by atoms with Crippen molar-refractivity contribution in [1.29, 1.82) is 0 Å². The third-order valence-corrected chi connectivity index (χ3v) is 9.68. The lowest BCUT2D eigenvalue weighted by Gasteiger charge is -2.22. The number of hydrogen-bond donors (Lipinski definition) is 5. The molecule has 1 fully saturated rings. The molecule has 0 radical (unpaired) electrons. The van der Waals surface area contributed by atoms with Crippen LogP contribution in [0.25, 0.3) is 0 Å². The fourth-order valence-corrected chi connectivity index (χ4v) is 6.80. The second-order valence-electron chi connectivity index (χ2n) is 14.0.